The number of imidazole rings is 1. The van der Waals surface area contributed by atoms with Crippen LogP contribution in [0.4, 0.5) is 0 Å². The summed E-state index contributed by atoms with van der Waals surface area (Å²) in [4.78, 5) is 4.43. The topological polar surface area (TPSA) is 17.8 Å². The molecule has 0 amide bonds. The van der Waals surface area contributed by atoms with Gasteiger partial charge in [-0.05, 0) is 40.3 Å². The van der Waals surface area contributed by atoms with Crippen molar-refractivity contribution in [3.63, 3.8) is 0 Å². The number of aromatic nitrogens is 2. The van der Waals surface area contributed by atoms with Gasteiger partial charge in [0.2, 0.25) is 0 Å². The van der Waals surface area contributed by atoms with Crippen LogP contribution in [0.2, 0.25) is 0 Å². The average Bonchev–Trinajstić information content (AvgIpc) is 3.34. The molecule has 1 aliphatic carbocycles. The smallest absolute Gasteiger partial charge is 0.0953 e. The van der Waals surface area contributed by atoms with E-state index in [1.807, 2.05) is 12.5 Å². The van der Waals surface area contributed by atoms with Crippen LogP contribution in [0.5, 0.6) is 0 Å². The van der Waals surface area contributed by atoms with Crippen LogP contribution in [0.3, 0.4) is 0 Å². The Morgan fingerprint density at radius 2 is 1.57 bits per heavy atom. The van der Waals surface area contributed by atoms with Gasteiger partial charge in [0, 0.05) is 12.5 Å². The summed E-state index contributed by atoms with van der Waals surface area (Å²) >= 11 is 0. The van der Waals surface area contributed by atoms with Crippen molar-refractivity contribution in [3.05, 3.63) is 125 Å². The third kappa shape index (κ3) is 3.18. The first-order valence-corrected chi connectivity index (χ1v) is 9.77. The summed E-state index contributed by atoms with van der Waals surface area (Å²) in [5.41, 5.74) is 7.99. The van der Waals surface area contributed by atoms with Crippen molar-refractivity contribution in [3.8, 4) is 0 Å². The van der Waals surface area contributed by atoms with Crippen LogP contribution < -0.4 is 0 Å². The van der Waals surface area contributed by atoms with Gasteiger partial charge in [-0.2, -0.15) is 0 Å². The molecule has 0 fully saturated rings. The highest BCUT2D eigenvalue weighted by Gasteiger charge is 2.28. The van der Waals surface area contributed by atoms with Crippen LogP contribution >= 0.6 is 0 Å². The van der Waals surface area contributed by atoms with Crippen molar-refractivity contribution >= 4 is 11.6 Å². The van der Waals surface area contributed by atoms with Crippen LogP contribution in [0.1, 0.15) is 33.9 Å². The second-order valence-corrected chi connectivity index (χ2v) is 7.36. The summed E-state index contributed by atoms with van der Waals surface area (Å²) in [5, 5.41) is 0. The Balaban J connectivity index is 1.56. The Hall–Kier alpha value is -3.39. The lowest BCUT2D eigenvalue weighted by atomic mass is 9.91. The highest BCUT2D eigenvalue weighted by atomic mass is 15.0. The molecule has 1 heterocycles. The number of nitrogens with zero attached hydrogens (tertiary/aromatic N) is 2. The maximum Gasteiger partial charge on any atom is 0.0953 e. The minimum absolute atomic E-state index is 0.388. The van der Waals surface area contributed by atoms with E-state index in [0.717, 1.165) is 18.7 Å². The predicted octanol–water partition coefficient (Wildman–Crippen LogP) is 5.81. The number of allylic oxidation sites excluding steroid dienone is 1. The van der Waals surface area contributed by atoms with E-state index in [1.165, 1.54) is 27.8 Å². The van der Waals surface area contributed by atoms with Crippen LogP contribution in [0.25, 0.3) is 11.6 Å². The zero-order valence-electron chi connectivity index (χ0n) is 15.7. The third-order valence-electron chi connectivity index (χ3n) is 5.57. The molecule has 136 valence electrons. The first-order valence-electron chi connectivity index (χ1n) is 9.77. The van der Waals surface area contributed by atoms with E-state index in [0.29, 0.717) is 5.92 Å². The van der Waals surface area contributed by atoms with Gasteiger partial charge in [0.15, 0.2) is 0 Å². The molecule has 2 heteroatoms. The maximum atomic E-state index is 4.43. The molecule has 0 aliphatic heterocycles. The minimum Gasteiger partial charge on any atom is -0.327 e. The molecule has 0 radical (unpaired) electrons. The fraction of sp³-hybridized carbons (Fsp3) is 0.115. The van der Waals surface area contributed by atoms with E-state index >= 15 is 0 Å². The highest BCUT2D eigenvalue weighted by Crippen LogP contribution is 2.44. The summed E-state index contributed by atoms with van der Waals surface area (Å²) in [7, 11) is 0. The van der Waals surface area contributed by atoms with Crippen LogP contribution in [-0.4, -0.2) is 9.55 Å². The van der Waals surface area contributed by atoms with Gasteiger partial charge in [0.05, 0.1) is 18.2 Å². The molecule has 0 N–H and O–H groups in total. The maximum absolute atomic E-state index is 4.43. The predicted molar refractivity (Wildman–Crippen MR) is 115 cm³/mol. The second kappa shape index (κ2) is 7.32. The van der Waals surface area contributed by atoms with Gasteiger partial charge < -0.3 is 4.57 Å². The van der Waals surface area contributed by atoms with Crippen molar-refractivity contribution in [2.75, 3.05) is 0 Å². The molecule has 1 atom stereocenters. The molecular formula is C26H22N2. The van der Waals surface area contributed by atoms with Crippen LogP contribution in [0, 0.1) is 0 Å². The number of rotatable bonds is 4. The molecule has 28 heavy (non-hydrogen) atoms. The third-order valence-corrected chi connectivity index (χ3v) is 5.57. The molecule has 5 rings (SSSR count). The van der Waals surface area contributed by atoms with Gasteiger partial charge in [-0.15, -0.1) is 0 Å². The quantitative estimate of drug-likeness (QED) is 0.448. The largest absolute Gasteiger partial charge is 0.327 e. The van der Waals surface area contributed by atoms with Gasteiger partial charge in [-0.3, -0.25) is 0 Å². The fourth-order valence-corrected chi connectivity index (χ4v) is 4.18. The number of fused-ring (bicyclic) bond motifs is 1. The standard InChI is InChI=1S/C26H22N2/c1-3-9-20(10-4-1)18-28-19-27-17-23(28)16-26-24-14-8-7-13-22(24)15-25(26)21-11-5-2-6-12-21/h1-14,16-17,19,25H,15,18H2/b26-16+. The number of benzene rings is 3. The minimum atomic E-state index is 0.388. The Morgan fingerprint density at radius 1 is 0.857 bits per heavy atom. The lowest BCUT2D eigenvalue weighted by molar-refractivity contribution is 0.789. The summed E-state index contributed by atoms with van der Waals surface area (Å²) in [5.74, 6) is 0.388. The molecule has 1 aromatic heterocycles. The first kappa shape index (κ1) is 16.8. The molecule has 1 unspecified atom stereocenters. The summed E-state index contributed by atoms with van der Waals surface area (Å²) in [6, 6.07) is 30.2. The normalized spacial score (nSPS) is 17.0. The Kier molecular flexibility index (Phi) is 4.38. The monoisotopic (exact) mass is 362 g/mol. The molecule has 4 aromatic rings. The van der Waals surface area contributed by atoms with Gasteiger partial charge in [-0.1, -0.05) is 84.9 Å². The average molecular weight is 362 g/mol. The molecule has 3 aromatic carbocycles. The van der Waals surface area contributed by atoms with Crippen molar-refractivity contribution in [1.29, 1.82) is 0 Å². The van der Waals surface area contributed by atoms with E-state index in [-0.39, 0.29) is 0 Å². The van der Waals surface area contributed by atoms with Crippen LogP contribution in [-0.2, 0) is 13.0 Å². The Bertz CT molecular complexity index is 1110. The zero-order chi connectivity index (χ0) is 18.8. The van der Waals surface area contributed by atoms with Crippen LogP contribution in [0.15, 0.2) is 97.5 Å². The van der Waals surface area contributed by atoms with E-state index in [2.05, 4.69) is 101 Å². The molecule has 0 saturated carbocycles. The van der Waals surface area contributed by atoms with E-state index in [9.17, 15) is 0 Å². The number of hydrogen-bond acceptors (Lipinski definition) is 1. The zero-order valence-corrected chi connectivity index (χ0v) is 15.7. The van der Waals surface area contributed by atoms with Gasteiger partial charge >= 0.3 is 0 Å². The molecular weight excluding hydrogens is 340 g/mol. The molecule has 0 bridgehead atoms. The second-order valence-electron chi connectivity index (χ2n) is 7.36. The molecule has 1 aliphatic rings. The summed E-state index contributed by atoms with van der Waals surface area (Å²) in [6.07, 6.45) is 7.29. The molecule has 0 spiro atoms. The van der Waals surface area contributed by atoms with E-state index < -0.39 is 0 Å². The van der Waals surface area contributed by atoms with E-state index in [4.69, 9.17) is 0 Å². The lowest BCUT2D eigenvalue weighted by Gasteiger charge is -2.14. The van der Waals surface area contributed by atoms with Crippen molar-refractivity contribution in [2.24, 2.45) is 0 Å². The fourth-order valence-electron chi connectivity index (χ4n) is 4.18. The summed E-state index contributed by atoms with van der Waals surface area (Å²) in [6.45, 7) is 0.831. The number of hydrogen-bond donors (Lipinski definition) is 0. The molecule has 2 nitrogen and oxygen atoms in total. The Labute approximate surface area is 165 Å². The van der Waals surface area contributed by atoms with Gasteiger partial charge in [-0.25, -0.2) is 4.98 Å². The summed E-state index contributed by atoms with van der Waals surface area (Å²) < 4.78 is 2.23. The van der Waals surface area contributed by atoms with E-state index in [1.54, 1.807) is 0 Å². The van der Waals surface area contributed by atoms with Crippen molar-refractivity contribution in [2.45, 2.75) is 18.9 Å². The molecule has 0 saturated heterocycles. The lowest BCUT2D eigenvalue weighted by Crippen LogP contribution is -2.02. The first-order chi connectivity index (χ1) is 13.9. The van der Waals surface area contributed by atoms with Gasteiger partial charge in [0.1, 0.15) is 0 Å². The SMILES string of the molecule is C(=C1/c2ccccc2CC1c1ccccc1)/c1cncn1Cc1ccccc1. The van der Waals surface area contributed by atoms with Crippen molar-refractivity contribution < 1.29 is 0 Å². The van der Waals surface area contributed by atoms with Crippen molar-refractivity contribution in [1.82, 2.24) is 9.55 Å². The highest BCUT2D eigenvalue weighted by molar-refractivity contribution is 5.89. The van der Waals surface area contributed by atoms with Gasteiger partial charge in [0.25, 0.3) is 0 Å². The Morgan fingerprint density at radius 3 is 2.39 bits per heavy atom.